The second kappa shape index (κ2) is 5.87. The van der Waals surface area contributed by atoms with Crippen molar-refractivity contribution >= 4 is 5.91 Å². The molecule has 1 fully saturated rings. The number of rotatable bonds is 4. The van der Waals surface area contributed by atoms with Gasteiger partial charge in [-0.15, -0.1) is 0 Å². The first-order valence-corrected chi connectivity index (χ1v) is 7.27. The maximum atomic E-state index is 11.6. The number of nitrogens with one attached hydrogen (secondary N) is 1. The zero-order valence-electron chi connectivity index (χ0n) is 13.7. The zero-order chi connectivity index (χ0) is 16.5. The number of ether oxygens (including phenoxy) is 3. The van der Waals surface area contributed by atoms with Crippen LogP contribution in [0.4, 0.5) is 0 Å². The molecule has 0 aromatic heterocycles. The molecule has 1 aliphatic rings. The number of hydrazine groups is 1. The SMILES string of the molecule is Cc1cc(OC[C@@H]2OC(C)(C)OC2(C)C)ccc1C(=O)NN. The Kier molecular flexibility index (Phi) is 4.47. The Hall–Kier alpha value is -1.63. The summed E-state index contributed by atoms with van der Waals surface area (Å²) < 4.78 is 17.5. The molecule has 0 aliphatic carbocycles. The number of nitrogens with two attached hydrogens (primary N) is 1. The van der Waals surface area contributed by atoms with Gasteiger partial charge >= 0.3 is 0 Å². The molecule has 0 unspecified atom stereocenters. The fourth-order valence-electron chi connectivity index (χ4n) is 2.67. The van der Waals surface area contributed by atoms with Crippen molar-refractivity contribution in [3.05, 3.63) is 29.3 Å². The molecule has 6 nitrogen and oxygen atoms in total. The minimum absolute atomic E-state index is 0.171. The maximum Gasteiger partial charge on any atom is 0.265 e. The summed E-state index contributed by atoms with van der Waals surface area (Å²) in [6.45, 7) is 9.95. The lowest BCUT2D eigenvalue weighted by Crippen LogP contribution is -2.37. The smallest absolute Gasteiger partial charge is 0.265 e. The predicted octanol–water partition coefficient (Wildman–Crippen LogP) is 1.91. The number of carbonyl (C=O) groups is 1. The number of hydrogen-bond donors (Lipinski definition) is 2. The monoisotopic (exact) mass is 308 g/mol. The molecule has 3 N–H and O–H groups in total. The maximum absolute atomic E-state index is 11.6. The third kappa shape index (κ3) is 3.58. The molecular weight excluding hydrogens is 284 g/mol. The molecule has 2 rings (SSSR count). The Balaban J connectivity index is 2.03. The Bertz CT molecular complexity index is 569. The molecule has 0 spiro atoms. The highest BCUT2D eigenvalue weighted by atomic mass is 16.8. The quantitative estimate of drug-likeness (QED) is 0.504. The van der Waals surface area contributed by atoms with Crippen molar-refractivity contribution in [2.45, 2.75) is 52.1 Å². The van der Waals surface area contributed by atoms with Crippen molar-refractivity contribution in [2.75, 3.05) is 6.61 Å². The van der Waals surface area contributed by atoms with Crippen molar-refractivity contribution in [2.24, 2.45) is 5.84 Å². The number of carbonyl (C=O) groups excluding carboxylic acids is 1. The van der Waals surface area contributed by atoms with Crippen LogP contribution in [0.2, 0.25) is 0 Å². The molecule has 1 heterocycles. The summed E-state index contributed by atoms with van der Waals surface area (Å²) in [5, 5.41) is 0. The van der Waals surface area contributed by atoms with Crippen LogP contribution in [0, 0.1) is 6.92 Å². The summed E-state index contributed by atoms with van der Waals surface area (Å²) in [7, 11) is 0. The Labute approximate surface area is 130 Å². The van der Waals surface area contributed by atoms with Crippen LogP contribution in [0.15, 0.2) is 18.2 Å². The largest absolute Gasteiger partial charge is 0.491 e. The fraction of sp³-hybridized carbons (Fsp3) is 0.562. The molecule has 122 valence electrons. The van der Waals surface area contributed by atoms with Gasteiger partial charge < -0.3 is 14.2 Å². The predicted molar refractivity (Wildman–Crippen MR) is 82.4 cm³/mol. The van der Waals surface area contributed by atoms with E-state index in [1.54, 1.807) is 18.2 Å². The first-order chi connectivity index (χ1) is 10.1. The average Bonchev–Trinajstić information content (AvgIpc) is 2.63. The van der Waals surface area contributed by atoms with Gasteiger partial charge in [-0.2, -0.15) is 0 Å². The van der Waals surface area contributed by atoms with E-state index in [0.29, 0.717) is 17.9 Å². The number of hydrogen-bond acceptors (Lipinski definition) is 5. The summed E-state index contributed by atoms with van der Waals surface area (Å²) in [5.74, 6) is 4.89. The van der Waals surface area contributed by atoms with Crippen LogP contribution in [-0.2, 0) is 9.47 Å². The lowest BCUT2D eigenvalue weighted by atomic mass is 10.0. The van der Waals surface area contributed by atoms with E-state index in [1.807, 2.05) is 34.6 Å². The normalized spacial score (nSPS) is 22.4. The molecule has 0 bridgehead atoms. The first kappa shape index (κ1) is 16.7. The number of nitrogen functional groups attached to an aromatic ring is 1. The van der Waals surface area contributed by atoms with Gasteiger partial charge in [0.1, 0.15) is 18.5 Å². The minimum Gasteiger partial charge on any atom is -0.491 e. The van der Waals surface area contributed by atoms with E-state index in [1.165, 1.54) is 0 Å². The van der Waals surface area contributed by atoms with Crippen molar-refractivity contribution in [1.82, 2.24) is 5.43 Å². The standard InChI is InChI=1S/C16H24N2O4/c1-10-8-11(6-7-12(10)14(19)18-17)20-9-13-15(2,3)22-16(4,5)21-13/h6-8,13H,9,17H2,1-5H3,(H,18,19)/t13-/m0/s1. The van der Waals surface area contributed by atoms with E-state index >= 15 is 0 Å². The second-order valence-corrected chi connectivity index (χ2v) is 6.47. The van der Waals surface area contributed by atoms with Gasteiger partial charge in [0.2, 0.25) is 0 Å². The summed E-state index contributed by atoms with van der Waals surface area (Å²) >= 11 is 0. The van der Waals surface area contributed by atoms with E-state index in [0.717, 1.165) is 5.56 Å². The second-order valence-electron chi connectivity index (χ2n) is 6.47. The molecule has 1 aromatic rings. The Morgan fingerprint density at radius 2 is 2.05 bits per heavy atom. The van der Waals surface area contributed by atoms with E-state index in [4.69, 9.17) is 20.1 Å². The van der Waals surface area contributed by atoms with Gasteiger partial charge in [0.05, 0.1) is 5.60 Å². The molecule has 0 saturated carbocycles. The van der Waals surface area contributed by atoms with Gasteiger partial charge in [-0.05, 0) is 58.4 Å². The molecule has 0 radical (unpaired) electrons. The highest BCUT2D eigenvalue weighted by molar-refractivity contribution is 5.95. The molecule has 1 saturated heterocycles. The van der Waals surface area contributed by atoms with Gasteiger partial charge in [0.15, 0.2) is 5.79 Å². The van der Waals surface area contributed by atoms with Crippen LogP contribution in [0.25, 0.3) is 0 Å². The van der Waals surface area contributed by atoms with Gasteiger partial charge in [0, 0.05) is 5.56 Å². The Morgan fingerprint density at radius 1 is 1.36 bits per heavy atom. The van der Waals surface area contributed by atoms with Crippen LogP contribution in [0.1, 0.15) is 43.6 Å². The molecule has 1 aromatic carbocycles. The molecule has 22 heavy (non-hydrogen) atoms. The molecule has 1 atom stereocenters. The molecule has 1 amide bonds. The Morgan fingerprint density at radius 3 is 2.55 bits per heavy atom. The van der Waals surface area contributed by atoms with Crippen LogP contribution in [0.3, 0.4) is 0 Å². The number of benzene rings is 1. The average molecular weight is 308 g/mol. The van der Waals surface area contributed by atoms with E-state index in [9.17, 15) is 4.79 Å². The van der Waals surface area contributed by atoms with Crippen molar-refractivity contribution in [1.29, 1.82) is 0 Å². The third-order valence-electron chi connectivity index (χ3n) is 3.69. The minimum atomic E-state index is -0.615. The van der Waals surface area contributed by atoms with Crippen molar-refractivity contribution in [3.63, 3.8) is 0 Å². The van der Waals surface area contributed by atoms with Crippen LogP contribution in [0.5, 0.6) is 5.75 Å². The number of aryl methyl sites for hydroxylation is 1. The first-order valence-electron chi connectivity index (χ1n) is 7.27. The lowest BCUT2D eigenvalue weighted by Gasteiger charge is -2.24. The van der Waals surface area contributed by atoms with Crippen LogP contribution >= 0.6 is 0 Å². The van der Waals surface area contributed by atoms with Gasteiger partial charge in [-0.25, -0.2) is 5.84 Å². The fourth-order valence-corrected chi connectivity index (χ4v) is 2.67. The highest BCUT2D eigenvalue weighted by Crippen LogP contribution is 2.36. The van der Waals surface area contributed by atoms with Gasteiger partial charge in [-0.3, -0.25) is 10.2 Å². The van der Waals surface area contributed by atoms with Gasteiger partial charge in [-0.1, -0.05) is 0 Å². The molecular formula is C16H24N2O4. The van der Waals surface area contributed by atoms with E-state index in [-0.39, 0.29) is 12.0 Å². The van der Waals surface area contributed by atoms with Crippen LogP contribution in [-0.4, -0.2) is 30.0 Å². The topological polar surface area (TPSA) is 82.8 Å². The number of amides is 1. The molecule has 1 aliphatic heterocycles. The molecule has 6 heteroatoms. The summed E-state index contributed by atoms with van der Waals surface area (Å²) in [4.78, 5) is 11.6. The highest BCUT2D eigenvalue weighted by Gasteiger charge is 2.47. The van der Waals surface area contributed by atoms with E-state index < -0.39 is 11.4 Å². The van der Waals surface area contributed by atoms with E-state index in [2.05, 4.69) is 5.43 Å². The third-order valence-corrected chi connectivity index (χ3v) is 3.69. The van der Waals surface area contributed by atoms with Crippen LogP contribution < -0.4 is 16.0 Å². The van der Waals surface area contributed by atoms with Gasteiger partial charge in [0.25, 0.3) is 5.91 Å². The zero-order valence-corrected chi connectivity index (χ0v) is 13.7. The van der Waals surface area contributed by atoms with Crippen molar-refractivity contribution < 1.29 is 19.0 Å². The summed E-state index contributed by atoms with van der Waals surface area (Å²) in [6.07, 6.45) is -0.171. The lowest BCUT2D eigenvalue weighted by molar-refractivity contribution is -0.158. The van der Waals surface area contributed by atoms with Crippen molar-refractivity contribution in [3.8, 4) is 5.75 Å². The summed E-state index contributed by atoms with van der Waals surface area (Å²) in [6, 6.07) is 5.23. The summed E-state index contributed by atoms with van der Waals surface area (Å²) in [5.41, 5.74) is 3.02.